The van der Waals surface area contributed by atoms with Crippen LogP contribution in [0.1, 0.15) is 54.2 Å². The topological polar surface area (TPSA) is 29.1 Å². The zero-order valence-corrected chi connectivity index (χ0v) is 12.3. The third-order valence-corrected chi connectivity index (χ3v) is 3.49. The van der Waals surface area contributed by atoms with Crippen LogP contribution in [-0.4, -0.2) is 5.91 Å². The molecular weight excluding hydrogens is 246 g/mol. The van der Waals surface area contributed by atoms with Crippen LogP contribution in [0.4, 0.5) is 0 Å². The number of carbonyl (C=O) groups is 1. The van der Waals surface area contributed by atoms with E-state index in [1.165, 1.54) is 5.56 Å². The third-order valence-electron chi connectivity index (χ3n) is 3.49. The molecule has 1 atom stereocenters. The smallest absolute Gasteiger partial charge is 0.251 e. The van der Waals surface area contributed by atoms with Crippen molar-refractivity contribution in [3.8, 4) is 0 Å². The second-order valence-electron chi connectivity index (χ2n) is 5.38. The molecular formula is C18H21NO. The van der Waals surface area contributed by atoms with E-state index in [1.54, 1.807) is 0 Å². The minimum atomic E-state index is -0.0361. The maximum Gasteiger partial charge on any atom is 0.251 e. The molecule has 2 heteroatoms. The molecule has 2 nitrogen and oxygen atoms in total. The summed E-state index contributed by atoms with van der Waals surface area (Å²) in [7, 11) is 0. The first-order valence-electron chi connectivity index (χ1n) is 7.03. The van der Waals surface area contributed by atoms with Crippen molar-refractivity contribution in [3.63, 3.8) is 0 Å². The Morgan fingerprint density at radius 2 is 1.40 bits per heavy atom. The first-order valence-corrected chi connectivity index (χ1v) is 7.03. The Kier molecular flexibility index (Phi) is 4.57. The van der Waals surface area contributed by atoms with Crippen LogP contribution in [0.25, 0.3) is 0 Å². The van der Waals surface area contributed by atoms with E-state index >= 15 is 0 Å². The van der Waals surface area contributed by atoms with E-state index in [0.717, 1.165) is 5.56 Å². The van der Waals surface area contributed by atoms with E-state index in [9.17, 15) is 4.79 Å². The summed E-state index contributed by atoms with van der Waals surface area (Å²) in [5.41, 5.74) is 3.13. The fraction of sp³-hybridized carbons (Fsp3) is 0.278. The lowest BCUT2D eigenvalue weighted by Gasteiger charge is -2.15. The molecule has 0 radical (unpaired) electrons. The molecule has 0 heterocycles. The molecule has 0 saturated carbocycles. The van der Waals surface area contributed by atoms with Crippen LogP contribution >= 0.6 is 0 Å². The highest BCUT2D eigenvalue weighted by Gasteiger charge is 2.11. The van der Waals surface area contributed by atoms with Crippen LogP contribution in [0.2, 0.25) is 0 Å². The van der Waals surface area contributed by atoms with E-state index in [0.29, 0.717) is 11.5 Å². The van der Waals surface area contributed by atoms with Gasteiger partial charge in [0.1, 0.15) is 0 Å². The van der Waals surface area contributed by atoms with Gasteiger partial charge in [0.05, 0.1) is 6.04 Å². The first-order chi connectivity index (χ1) is 9.58. The molecule has 0 aliphatic heterocycles. The summed E-state index contributed by atoms with van der Waals surface area (Å²) in [6.07, 6.45) is 0. The molecule has 0 spiro atoms. The molecule has 0 aliphatic rings. The fourth-order valence-electron chi connectivity index (χ4n) is 2.12. The Bertz CT molecular complexity index is 558. The van der Waals surface area contributed by atoms with E-state index in [2.05, 4.69) is 43.4 Å². The lowest BCUT2D eigenvalue weighted by atomic mass is 9.99. The molecule has 20 heavy (non-hydrogen) atoms. The van der Waals surface area contributed by atoms with Crippen LogP contribution in [0.3, 0.4) is 0 Å². The number of carbonyl (C=O) groups excluding carboxylic acids is 1. The molecule has 2 aromatic rings. The minimum absolute atomic E-state index is 0.00363. The normalized spacial score (nSPS) is 12.2. The van der Waals surface area contributed by atoms with Gasteiger partial charge in [0.25, 0.3) is 5.91 Å². The van der Waals surface area contributed by atoms with E-state index in [4.69, 9.17) is 0 Å². The van der Waals surface area contributed by atoms with Gasteiger partial charge in [-0.15, -0.1) is 0 Å². The summed E-state index contributed by atoms with van der Waals surface area (Å²) in [6.45, 7) is 6.36. The Hall–Kier alpha value is -2.09. The Morgan fingerprint density at radius 3 is 1.95 bits per heavy atom. The van der Waals surface area contributed by atoms with Crippen LogP contribution in [0, 0.1) is 0 Å². The van der Waals surface area contributed by atoms with Crippen LogP contribution in [0.5, 0.6) is 0 Å². The minimum Gasteiger partial charge on any atom is -0.346 e. The largest absolute Gasteiger partial charge is 0.346 e. The summed E-state index contributed by atoms with van der Waals surface area (Å²) in [4.78, 5) is 12.1. The monoisotopic (exact) mass is 267 g/mol. The highest BCUT2D eigenvalue weighted by Crippen LogP contribution is 2.18. The first kappa shape index (κ1) is 14.3. The molecule has 0 saturated heterocycles. The van der Waals surface area contributed by atoms with Crippen molar-refractivity contribution in [2.75, 3.05) is 0 Å². The van der Waals surface area contributed by atoms with Crippen molar-refractivity contribution >= 4 is 5.91 Å². The van der Waals surface area contributed by atoms with Gasteiger partial charge in [0.15, 0.2) is 0 Å². The van der Waals surface area contributed by atoms with Gasteiger partial charge in [-0.05, 0) is 36.1 Å². The SMILES string of the molecule is CC(C)c1ccc([C@@H](C)NC(=O)c2ccccc2)cc1. The predicted octanol–water partition coefficient (Wildman–Crippen LogP) is 4.30. The zero-order valence-electron chi connectivity index (χ0n) is 12.3. The summed E-state index contributed by atoms with van der Waals surface area (Å²) in [6, 6.07) is 17.7. The fourth-order valence-corrected chi connectivity index (χ4v) is 2.12. The highest BCUT2D eigenvalue weighted by atomic mass is 16.1. The molecule has 0 unspecified atom stereocenters. The standard InChI is InChI=1S/C18H21NO/c1-13(2)15-9-11-16(12-10-15)14(3)19-18(20)17-7-5-4-6-8-17/h4-14H,1-3H3,(H,19,20)/t14-/m1/s1. The van der Waals surface area contributed by atoms with Crippen molar-refractivity contribution < 1.29 is 4.79 Å². The number of hydrogen-bond donors (Lipinski definition) is 1. The quantitative estimate of drug-likeness (QED) is 0.879. The van der Waals surface area contributed by atoms with Gasteiger partial charge in [-0.3, -0.25) is 4.79 Å². The third kappa shape index (κ3) is 3.47. The maximum atomic E-state index is 12.1. The van der Waals surface area contributed by atoms with Gasteiger partial charge >= 0.3 is 0 Å². The second-order valence-corrected chi connectivity index (χ2v) is 5.38. The van der Waals surface area contributed by atoms with Crippen molar-refractivity contribution in [2.45, 2.75) is 32.7 Å². The molecule has 0 fully saturated rings. The zero-order chi connectivity index (χ0) is 14.5. The van der Waals surface area contributed by atoms with Crippen LogP contribution in [-0.2, 0) is 0 Å². The summed E-state index contributed by atoms with van der Waals surface area (Å²) in [5.74, 6) is 0.490. The Morgan fingerprint density at radius 1 is 0.850 bits per heavy atom. The number of amides is 1. The lowest BCUT2D eigenvalue weighted by molar-refractivity contribution is 0.0940. The van der Waals surface area contributed by atoms with Gasteiger partial charge in [-0.25, -0.2) is 0 Å². The lowest BCUT2D eigenvalue weighted by Crippen LogP contribution is -2.26. The summed E-state index contributed by atoms with van der Waals surface area (Å²) < 4.78 is 0. The molecule has 1 amide bonds. The Balaban J connectivity index is 2.04. The highest BCUT2D eigenvalue weighted by molar-refractivity contribution is 5.94. The molecule has 104 valence electrons. The van der Waals surface area contributed by atoms with E-state index in [-0.39, 0.29) is 11.9 Å². The molecule has 0 aromatic heterocycles. The average Bonchev–Trinajstić information content (AvgIpc) is 2.48. The molecule has 2 aromatic carbocycles. The maximum absolute atomic E-state index is 12.1. The van der Waals surface area contributed by atoms with Crippen molar-refractivity contribution in [3.05, 3.63) is 71.3 Å². The van der Waals surface area contributed by atoms with Crippen molar-refractivity contribution in [2.24, 2.45) is 0 Å². The van der Waals surface area contributed by atoms with Gasteiger partial charge in [-0.1, -0.05) is 56.3 Å². The summed E-state index contributed by atoms with van der Waals surface area (Å²) in [5, 5.41) is 3.02. The molecule has 0 bridgehead atoms. The van der Waals surface area contributed by atoms with Crippen LogP contribution < -0.4 is 5.32 Å². The number of rotatable bonds is 4. The van der Waals surface area contributed by atoms with Crippen molar-refractivity contribution in [1.29, 1.82) is 0 Å². The van der Waals surface area contributed by atoms with Gasteiger partial charge < -0.3 is 5.32 Å². The van der Waals surface area contributed by atoms with Gasteiger partial charge in [-0.2, -0.15) is 0 Å². The summed E-state index contributed by atoms with van der Waals surface area (Å²) >= 11 is 0. The molecule has 1 N–H and O–H groups in total. The molecule has 0 aliphatic carbocycles. The van der Waals surface area contributed by atoms with Gasteiger partial charge in [0, 0.05) is 5.56 Å². The number of nitrogens with one attached hydrogen (secondary N) is 1. The van der Waals surface area contributed by atoms with E-state index in [1.807, 2.05) is 37.3 Å². The molecule has 2 rings (SSSR count). The number of hydrogen-bond acceptors (Lipinski definition) is 1. The Labute approximate surface area is 120 Å². The van der Waals surface area contributed by atoms with Crippen molar-refractivity contribution in [1.82, 2.24) is 5.32 Å². The predicted molar refractivity (Wildman–Crippen MR) is 82.9 cm³/mol. The van der Waals surface area contributed by atoms with E-state index < -0.39 is 0 Å². The van der Waals surface area contributed by atoms with Gasteiger partial charge in [0.2, 0.25) is 0 Å². The second kappa shape index (κ2) is 6.38. The van der Waals surface area contributed by atoms with Crippen LogP contribution in [0.15, 0.2) is 54.6 Å². The average molecular weight is 267 g/mol. The number of benzene rings is 2.